The largest absolute Gasteiger partial charge is 0.493 e. The number of aliphatic hydroxyl groups is 1. The molecule has 5 nitrogen and oxygen atoms in total. The molecular formula is C23H21BrN2O3. The highest BCUT2D eigenvalue weighted by Gasteiger charge is 2.39. The summed E-state index contributed by atoms with van der Waals surface area (Å²) < 4.78 is 6.44. The molecule has 0 aliphatic heterocycles. The van der Waals surface area contributed by atoms with Crippen molar-refractivity contribution in [1.29, 1.82) is 0 Å². The average molecular weight is 453 g/mol. The Balaban J connectivity index is 1.89. The van der Waals surface area contributed by atoms with E-state index in [-0.39, 0.29) is 0 Å². The van der Waals surface area contributed by atoms with Gasteiger partial charge in [-0.1, -0.05) is 76.6 Å². The highest BCUT2D eigenvalue weighted by Crippen LogP contribution is 2.30. The molecule has 0 aliphatic rings. The van der Waals surface area contributed by atoms with Crippen molar-refractivity contribution < 1.29 is 14.6 Å². The molecular weight excluding hydrogens is 432 g/mol. The van der Waals surface area contributed by atoms with E-state index in [0.29, 0.717) is 29.0 Å². The first-order valence-electron chi connectivity index (χ1n) is 9.15. The third-order valence-electron chi connectivity index (χ3n) is 4.35. The van der Waals surface area contributed by atoms with Crippen molar-refractivity contribution in [1.82, 2.24) is 5.43 Å². The fraction of sp³-hybridized carbons (Fsp3) is 0.130. The number of halogens is 1. The van der Waals surface area contributed by atoms with Crippen LogP contribution in [0.25, 0.3) is 0 Å². The lowest BCUT2D eigenvalue weighted by molar-refractivity contribution is -0.136. The number of hydrogen-bond donors (Lipinski definition) is 2. The summed E-state index contributed by atoms with van der Waals surface area (Å²) in [5.41, 5.74) is 2.20. The number of hydrogen-bond acceptors (Lipinski definition) is 4. The Kier molecular flexibility index (Phi) is 6.80. The maximum absolute atomic E-state index is 13.0. The highest BCUT2D eigenvalue weighted by molar-refractivity contribution is 9.10. The Hall–Kier alpha value is -2.96. The van der Waals surface area contributed by atoms with Gasteiger partial charge < -0.3 is 9.84 Å². The molecule has 3 aromatic rings. The topological polar surface area (TPSA) is 70.9 Å². The minimum atomic E-state index is -1.88. The molecule has 148 valence electrons. The number of carbonyl (C=O) groups excluding carboxylic acids is 1. The molecule has 29 heavy (non-hydrogen) atoms. The van der Waals surface area contributed by atoms with Crippen molar-refractivity contribution in [2.45, 2.75) is 12.5 Å². The van der Waals surface area contributed by atoms with E-state index in [1.807, 2.05) is 37.3 Å². The predicted octanol–water partition coefficient (Wildman–Crippen LogP) is 4.23. The van der Waals surface area contributed by atoms with Crippen molar-refractivity contribution in [3.63, 3.8) is 0 Å². The molecule has 6 heteroatoms. The number of benzene rings is 3. The Bertz CT molecular complexity index is 952. The predicted molar refractivity (Wildman–Crippen MR) is 117 cm³/mol. The van der Waals surface area contributed by atoms with Gasteiger partial charge in [0.1, 0.15) is 5.75 Å². The van der Waals surface area contributed by atoms with E-state index in [2.05, 4.69) is 26.5 Å². The number of nitrogens with one attached hydrogen (secondary N) is 1. The van der Waals surface area contributed by atoms with E-state index in [9.17, 15) is 9.90 Å². The van der Waals surface area contributed by atoms with Crippen LogP contribution in [0, 0.1) is 0 Å². The van der Waals surface area contributed by atoms with Crippen LogP contribution in [0.3, 0.4) is 0 Å². The van der Waals surface area contributed by atoms with Gasteiger partial charge in [0.25, 0.3) is 5.91 Å². The van der Waals surface area contributed by atoms with Gasteiger partial charge in [-0.2, -0.15) is 5.10 Å². The first-order valence-corrected chi connectivity index (χ1v) is 9.94. The summed E-state index contributed by atoms with van der Waals surface area (Å²) in [5, 5.41) is 15.4. The zero-order valence-corrected chi connectivity index (χ0v) is 17.5. The molecule has 0 fully saturated rings. The minimum absolute atomic E-state index is 0.455. The van der Waals surface area contributed by atoms with E-state index in [4.69, 9.17) is 4.74 Å². The zero-order valence-electron chi connectivity index (χ0n) is 15.9. The zero-order chi connectivity index (χ0) is 20.7. The molecule has 0 saturated carbocycles. The Morgan fingerprint density at radius 3 is 2.21 bits per heavy atom. The molecule has 0 saturated heterocycles. The van der Waals surface area contributed by atoms with Gasteiger partial charge >= 0.3 is 0 Å². The molecule has 2 N–H and O–H groups in total. The molecule has 0 spiro atoms. The number of ether oxygens (including phenoxy) is 1. The van der Waals surface area contributed by atoms with Crippen molar-refractivity contribution in [3.05, 3.63) is 100 Å². The van der Waals surface area contributed by atoms with Crippen LogP contribution in [-0.2, 0) is 10.4 Å². The SMILES string of the molecule is CCOc1ccc(Br)cc1/C=N\NC(=O)C(O)(c1ccccc1)c1ccccc1. The van der Waals surface area contributed by atoms with Crippen LogP contribution in [-0.4, -0.2) is 23.8 Å². The van der Waals surface area contributed by atoms with Crippen LogP contribution >= 0.6 is 15.9 Å². The maximum atomic E-state index is 13.0. The van der Waals surface area contributed by atoms with E-state index in [1.165, 1.54) is 6.21 Å². The molecule has 0 radical (unpaired) electrons. The van der Waals surface area contributed by atoms with Crippen molar-refractivity contribution in [3.8, 4) is 5.75 Å². The second-order valence-electron chi connectivity index (χ2n) is 6.26. The molecule has 0 aromatic heterocycles. The van der Waals surface area contributed by atoms with Gasteiger partial charge in [0.05, 0.1) is 12.8 Å². The first kappa shape index (κ1) is 20.8. The lowest BCUT2D eigenvalue weighted by atomic mass is 9.85. The van der Waals surface area contributed by atoms with Crippen molar-refractivity contribution in [2.24, 2.45) is 5.10 Å². The van der Waals surface area contributed by atoms with Crippen LogP contribution in [0.5, 0.6) is 5.75 Å². The number of hydrazone groups is 1. The van der Waals surface area contributed by atoms with Gasteiger partial charge in [0.15, 0.2) is 5.60 Å². The van der Waals surface area contributed by atoms with Gasteiger partial charge in [-0.15, -0.1) is 0 Å². The van der Waals surface area contributed by atoms with E-state index < -0.39 is 11.5 Å². The summed E-state index contributed by atoms with van der Waals surface area (Å²) in [4.78, 5) is 13.0. The summed E-state index contributed by atoms with van der Waals surface area (Å²) in [6, 6.07) is 23.1. The monoisotopic (exact) mass is 452 g/mol. The van der Waals surface area contributed by atoms with Crippen molar-refractivity contribution >= 4 is 28.1 Å². The molecule has 1 amide bonds. The molecule has 0 heterocycles. The lowest BCUT2D eigenvalue weighted by Crippen LogP contribution is -2.43. The van der Waals surface area contributed by atoms with Gasteiger partial charge in [-0.3, -0.25) is 4.79 Å². The summed E-state index contributed by atoms with van der Waals surface area (Å²) in [6.45, 7) is 2.40. The van der Waals surface area contributed by atoms with Crippen LogP contribution < -0.4 is 10.2 Å². The second-order valence-corrected chi connectivity index (χ2v) is 7.17. The molecule has 0 unspecified atom stereocenters. The molecule has 3 rings (SSSR count). The highest BCUT2D eigenvalue weighted by atomic mass is 79.9. The van der Waals surface area contributed by atoms with E-state index in [0.717, 1.165) is 4.47 Å². The Morgan fingerprint density at radius 2 is 1.66 bits per heavy atom. The molecule has 0 aliphatic carbocycles. The van der Waals surface area contributed by atoms with Crippen LogP contribution in [0.2, 0.25) is 0 Å². The third kappa shape index (κ3) is 4.72. The summed E-state index contributed by atoms with van der Waals surface area (Å²) >= 11 is 3.42. The normalized spacial score (nSPS) is 11.4. The molecule has 0 bridgehead atoms. The van der Waals surface area contributed by atoms with Crippen LogP contribution in [0.4, 0.5) is 0 Å². The standard InChI is InChI=1S/C23H21BrN2O3/c1-2-29-21-14-13-20(24)15-17(21)16-25-26-22(27)23(28,18-9-5-3-6-10-18)19-11-7-4-8-12-19/h3-16,28H,2H2,1H3,(H,26,27)/b25-16-. The number of carbonyl (C=O) groups is 1. The van der Waals surface area contributed by atoms with E-state index in [1.54, 1.807) is 48.5 Å². The Morgan fingerprint density at radius 1 is 1.07 bits per heavy atom. The Labute approximate surface area is 178 Å². The second kappa shape index (κ2) is 9.49. The maximum Gasteiger partial charge on any atom is 0.281 e. The third-order valence-corrected chi connectivity index (χ3v) is 4.85. The molecule has 3 aromatic carbocycles. The lowest BCUT2D eigenvalue weighted by Gasteiger charge is -2.27. The van der Waals surface area contributed by atoms with Crippen LogP contribution in [0.15, 0.2) is 88.4 Å². The fourth-order valence-corrected chi connectivity index (χ4v) is 3.31. The van der Waals surface area contributed by atoms with Gasteiger partial charge in [-0.25, -0.2) is 5.43 Å². The first-order chi connectivity index (χ1) is 14.1. The van der Waals surface area contributed by atoms with E-state index >= 15 is 0 Å². The molecule has 0 atom stereocenters. The number of rotatable bonds is 7. The van der Waals surface area contributed by atoms with Crippen LogP contribution in [0.1, 0.15) is 23.6 Å². The van der Waals surface area contributed by atoms with Gasteiger partial charge in [0.2, 0.25) is 0 Å². The summed E-state index contributed by atoms with van der Waals surface area (Å²) in [6.07, 6.45) is 1.49. The van der Waals surface area contributed by atoms with Crippen molar-refractivity contribution in [2.75, 3.05) is 6.61 Å². The minimum Gasteiger partial charge on any atom is -0.493 e. The number of nitrogens with zero attached hydrogens (tertiary/aromatic N) is 1. The average Bonchev–Trinajstić information content (AvgIpc) is 2.76. The smallest absolute Gasteiger partial charge is 0.281 e. The number of amides is 1. The summed E-state index contributed by atoms with van der Waals surface area (Å²) in [7, 11) is 0. The fourth-order valence-electron chi connectivity index (χ4n) is 2.94. The van der Waals surface area contributed by atoms with Gasteiger partial charge in [0, 0.05) is 10.0 Å². The van der Waals surface area contributed by atoms with Gasteiger partial charge in [-0.05, 0) is 36.2 Å². The quantitative estimate of drug-likeness (QED) is 0.416. The summed E-state index contributed by atoms with van der Waals surface area (Å²) in [5.74, 6) is -0.00538.